The lowest BCUT2D eigenvalue weighted by Crippen LogP contribution is -2.03. The first-order valence-electron chi connectivity index (χ1n) is 5.01. The summed E-state index contributed by atoms with van der Waals surface area (Å²) in [7, 11) is 0. The minimum Gasteiger partial charge on any atom is -0.245 e. The van der Waals surface area contributed by atoms with E-state index in [4.69, 9.17) is 11.6 Å². The van der Waals surface area contributed by atoms with Crippen molar-refractivity contribution in [3.8, 4) is 5.69 Å². The van der Waals surface area contributed by atoms with Gasteiger partial charge in [0.15, 0.2) is 5.82 Å². The third-order valence-electron chi connectivity index (χ3n) is 2.41. The largest absolute Gasteiger partial charge is 0.245 e. The van der Waals surface area contributed by atoms with Gasteiger partial charge in [-0.05, 0) is 35.5 Å². The number of hydrogen-bond acceptors (Lipinski definition) is 5. The van der Waals surface area contributed by atoms with Gasteiger partial charge in [-0.15, -0.1) is 28.0 Å². The standard InChI is InChI=1S/C10H8ClN5S/c1-6(11)10-13-14-15-16(10)7-2-3-8-9(4-7)17-5-12-8/h2-6H,1H3. The Bertz CT molecular complexity index is 659. The Balaban J connectivity index is 2.16. The van der Waals surface area contributed by atoms with Crippen molar-refractivity contribution in [3.05, 3.63) is 29.5 Å². The Morgan fingerprint density at radius 2 is 2.29 bits per heavy atom. The van der Waals surface area contributed by atoms with Gasteiger partial charge >= 0.3 is 0 Å². The van der Waals surface area contributed by atoms with E-state index in [1.165, 1.54) is 0 Å². The predicted molar refractivity (Wildman–Crippen MR) is 66.6 cm³/mol. The van der Waals surface area contributed by atoms with Crippen molar-refractivity contribution in [2.45, 2.75) is 12.3 Å². The number of aromatic nitrogens is 5. The Labute approximate surface area is 106 Å². The smallest absolute Gasteiger partial charge is 0.174 e. The van der Waals surface area contributed by atoms with Crippen LogP contribution in [0, 0.1) is 0 Å². The Hall–Kier alpha value is -1.53. The SMILES string of the molecule is CC(Cl)c1nnnn1-c1ccc2ncsc2c1. The van der Waals surface area contributed by atoms with E-state index in [0.717, 1.165) is 15.9 Å². The fourth-order valence-corrected chi connectivity index (χ4v) is 2.45. The van der Waals surface area contributed by atoms with Crippen LogP contribution in [0.25, 0.3) is 15.9 Å². The van der Waals surface area contributed by atoms with Gasteiger partial charge in [-0.25, -0.2) is 4.98 Å². The Morgan fingerprint density at radius 1 is 1.41 bits per heavy atom. The first-order chi connectivity index (χ1) is 8.25. The maximum absolute atomic E-state index is 6.02. The molecular weight excluding hydrogens is 258 g/mol. The second-order valence-corrected chi connectivity index (χ2v) is 5.11. The molecule has 0 aliphatic carbocycles. The van der Waals surface area contributed by atoms with Crippen LogP contribution >= 0.6 is 22.9 Å². The molecule has 0 amide bonds. The van der Waals surface area contributed by atoms with Crippen molar-refractivity contribution < 1.29 is 0 Å². The topological polar surface area (TPSA) is 56.5 Å². The lowest BCUT2D eigenvalue weighted by atomic mass is 10.3. The van der Waals surface area contributed by atoms with Crippen LogP contribution in [0.3, 0.4) is 0 Å². The second kappa shape index (κ2) is 4.05. The zero-order valence-corrected chi connectivity index (χ0v) is 10.5. The van der Waals surface area contributed by atoms with E-state index in [1.807, 2.05) is 30.6 Å². The summed E-state index contributed by atoms with van der Waals surface area (Å²) >= 11 is 7.61. The lowest BCUT2D eigenvalue weighted by Gasteiger charge is -2.05. The Kier molecular flexibility index (Phi) is 2.53. The van der Waals surface area contributed by atoms with E-state index in [2.05, 4.69) is 20.5 Å². The molecule has 2 heterocycles. The van der Waals surface area contributed by atoms with Gasteiger partial charge in [-0.2, -0.15) is 4.68 Å². The van der Waals surface area contributed by atoms with Crippen LogP contribution in [0.2, 0.25) is 0 Å². The minimum atomic E-state index is -0.234. The summed E-state index contributed by atoms with van der Waals surface area (Å²) in [5, 5.41) is 11.3. The normalized spacial score (nSPS) is 13.1. The van der Waals surface area contributed by atoms with Crippen LogP contribution in [0.4, 0.5) is 0 Å². The van der Waals surface area contributed by atoms with Crippen molar-refractivity contribution in [2.75, 3.05) is 0 Å². The highest BCUT2D eigenvalue weighted by molar-refractivity contribution is 7.16. The molecule has 0 saturated heterocycles. The molecule has 1 atom stereocenters. The van der Waals surface area contributed by atoms with Gasteiger partial charge in [0.25, 0.3) is 0 Å². The van der Waals surface area contributed by atoms with Gasteiger partial charge in [0, 0.05) is 0 Å². The first kappa shape index (κ1) is 10.6. The lowest BCUT2D eigenvalue weighted by molar-refractivity contribution is 0.761. The molecule has 0 bridgehead atoms. The molecule has 2 aromatic heterocycles. The fraction of sp³-hybridized carbons (Fsp3) is 0.200. The molecule has 3 rings (SSSR count). The van der Waals surface area contributed by atoms with E-state index in [1.54, 1.807) is 16.0 Å². The van der Waals surface area contributed by atoms with Crippen molar-refractivity contribution in [3.63, 3.8) is 0 Å². The molecule has 0 aliphatic heterocycles. The monoisotopic (exact) mass is 265 g/mol. The van der Waals surface area contributed by atoms with Crippen molar-refractivity contribution in [1.82, 2.24) is 25.2 Å². The molecule has 0 N–H and O–H groups in total. The van der Waals surface area contributed by atoms with E-state index >= 15 is 0 Å². The molecular formula is C10H8ClN5S. The van der Waals surface area contributed by atoms with Crippen LogP contribution < -0.4 is 0 Å². The maximum Gasteiger partial charge on any atom is 0.174 e. The summed E-state index contributed by atoms with van der Waals surface area (Å²) in [6.07, 6.45) is 0. The average Bonchev–Trinajstić information content (AvgIpc) is 2.96. The molecule has 0 fully saturated rings. The molecule has 3 aromatic rings. The predicted octanol–water partition coefficient (Wildman–Crippen LogP) is 2.57. The number of halogens is 1. The van der Waals surface area contributed by atoms with Gasteiger partial charge in [0.2, 0.25) is 0 Å². The van der Waals surface area contributed by atoms with Gasteiger partial charge in [-0.3, -0.25) is 0 Å². The molecule has 7 heteroatoms. The molecule has 1 aromatic carbocycles. The van der Waals surface area contributed by atoms with Gasteiger partial charge in [0.1, 0.15) is 0 Å². The molecule has 17 heavy (non-hydrogen) atoms. The molecule has 1 unspecified atom stereocenters. The zero-order chi connectivity index (χ0) is 11.8. The van der Waals surface area contributed by atoms with Crippen molar-refractivity contribution >= 4 is 33.2 Å². The summed E-state index contributed by atoms with van der Waals surface area (Å²) in [4.78, 5) is 4.23. The van der Waals surface area contributed by atoms with Crippen LogP contribution in [-0.2, 0) is 0 Å². The number of alkyl halides is 1. The minimum absolute atomic E-state index is 0.234. The molecule has 0 spiro atoms. The van der Waals surface area contributed by atoms with Crippen LogP contribution in [0.1, 0.15) is 18.1 Å². The zero-order valence-electron chi connectivity index (χ0n) is 8.91. The third kappa shape index (κ3) is 1.79. The molecule has 0 radical (unpaired) electrons. The highest BCUT2D eigenvalue weighted by Gasteiger charge is 2.13. The number of rotatable bonds is 2. The summed E-state index contributed by atoms with van der Waals surface area (Å²) in [6, 6.07) is 5.89. The molecule has 5 nitrogen and oxygen atoms in total. The van der Waals surface area contributed by atoms with Crippen molar-refractivity contribution in [1.29, 1.82) is 0 Å². The number of benzene rings is 1. The maximum atomic E-state index is 6.02. The number of tetrazole rings is 1. The van der Waals surface area contributed by atoms with Crippen LogP contribution in [0.5, 0.6) is 0 Å². The van der Waals surface area contributed by atoms with E-state index in [0.29, 0.717) is 5.82 Å². The fourth-order valence-electron chi connectivity index (χ4n) is 1.60. The highest BCUT2D eigenvalue weighted by Crippen LogP contribution is 2.23. The number of thiazole rings is 1. The summed E-state index contributed by atoms with van der Waals surface area (Å²) in [6.45, 7) is 1.84. The summed E-state index contributed by atoms with van der Waals surface area (Å²) in [5.41, 5.74) is 3.70. The highest BCUT2D eigenvalue weighted by atomic mass is 35.5. The quantitative estimate of drug-likeness (QED) is 0.668. The molecule has 86 valence electrons. The van der Waals surface area contributed by atoms with Gasteiger partial charge in [-0.1, -0.05) is 0 Å². The number of hydrogen-bond donors (Lipinski definition) is 0. The summed E-state index contributed by atoms with van der Waals surface area (Å²) in [5.74, 6) is 0.635. The van der Waals surface area contributed by atoms with E-state index in [9.17, 15) is 0 Å². The number of fused-ring (bicyclic) bond motifs is 1. The second-order valence-electron chi connectivity index (χ2n) is 3.57. The van der Waals surface area contributed by atoms with Gasteiger partial charge < -0.3 is 0 Å². The van der Waals surface area contributed by atoms with Gasteiger partial charge in [0.05, 0.1) is 26.8 Å². The van der Waals surface area contributed by atoms with E-state index in [-0.39, 0.29) is 5.38 Å². The molecule has 0 saturated carbocycles. The van der Waals surface area contributed by atoms with Crippen LogP contribution in [0.15, 0.2) is 23.7 Å². The Morgan fingerprint density at radius 3 is 3.12 bits per heavy atom. The molecule has 0 aliphatic rings. The van der Waals surface area contributed by atoms with E-state index < -0.39 is 0 Å². The summed E-state index contributed by atoms with van der Waals surface area (Å²) < 4.78 is 2.75. The van der Waals surface area contributed by atoms with Crippen LogP contribution in [-0.4, -0.2) is 25.2 Å². The van der Waals surface area contributed by atoms with Crippen molar-refractivity contribution in [2.24, 2.45) is 0 Å². The number of nitrogens with zero attached hydrogens (tertiary/aromatic N) is 5. The average molecular weight is 266 g/mol. The third-order valence-corrected chi connectivity index (χ3v) is 3.40. The first-order valence-corrected chi connectivity index (χ1v) is 6.33.